The molecule has 0 saturated heterocycles. The molecular weight excluding hydrogens is 280 g/mol. The van der Waals surface area contributed by atoms with Crippen molar-refractivity contribution in [2.75, 3.05) is 5.32 Å². The lowest BCUT2D eigenvalue weighted by atomic mass is 10.2. The largest absolute Gasteiger partial charge is 0.365 e. The number of aromatic nitrogens is 2. The van der Waals surface area contributed by atoms with Crippen molar-refractivity contribution in [2.24, 2.45) is 0 Å². The van der Waals surface area contributed by atoms with Crippen molar-refractivity contribution < 1.29 is 8.78 Å². The summed E-state index contributed by atoms with van der Waals surface area (Å²) in [7, 11) is 0. The van der Waals surface area contributed by atoms with Crippen molar-refractivity contribution in [1.82, 2.24) is 9.55 Å². The Morgan fingerprint density at radius 2 is 2.00 bits per heavy atom. The molecule has 2 aromatic rings. The maximum atomic E-state index is 13.9. The van der Waals surface area contributed by atoms with Gasteiger partial charge in [-0.3, -0.25) is 14.3 Å². The van der Waals surface area contributed by atoms with Crippen LogP contribution < -0.4 is 16.6 Å². The molecule has 0 fully saturated rings. The van der Waals surface area contributed by atoms with Crippen molar-refractivity contribution in [3.05, 3.63) is 62.3 Å². The third-order valence-electron chi connectivity index (χ3n) is 2.95. The molecule has 0 unspecified atom stereocenters. The second kappa shape index (κ2) is 5.90. The fourth-order valence-corrected chi connectivity index (χ4v) is 1.96. The SMILES string of the molecule is CC(C)n1c(=O)[nH]c(NCc2cccc(F)c2)c(F)c1=O. The Morgan fingerprint density at radius 1 is 1.29 bits per heavy atom. The molecule has 0 aliphatic heterocycles. The highest BCUT2D eigenvalue weighted by molar-refractivity contribution is 5.35. The van der Waals surface area contributed by atoms with E-state index in [4.69, 9.17) is 0 Å². The molecule has 1 heterocycles. The van der Waals surface area contributed by atoms with Crippen LogP contribution in [0.3, 0.4) is 0 Å². The van der Waals surface area contributed by atoms with E-state index in [1.807, 2.05) is 0 Å². The molecule has 0 saturated carbocycles. The second-order valence-corrected chi connectivity index (χ2v) is 4.87. The zero-order chi connectivity index (χ0) is 15.6. The molecule has 112 valence electrons. The summed E-state index contributed by atoms with van der Waals surface area (Å²) >= 11 is 0. The number of halogens is 2. The van der Waals surface area contributed by atoms with E-state index in [0.29, 0.717) is 5.56 Å². The first kappa shape index (κ1) is 15.0. The summed E-state index contributed by atoms with van der Waals surface area (Å²) in [5.74, 6) is -1.79. The number of rotatable bonds is 4. The molecule has 0 spiro atoms. The number of anilines is 1. The van der Waals surface area contributed by atoms with E-state index in [1.54, 1.807) is 19.9 Å². The average Bonchev–Trinajstić information content (AvgIpc) is 2.41. The zero-order valence-corrected chi connectivity index (χ0v) is 11.6. The van der Waals surface area contributed by atoms with Gasteiger partial charge in [-0.1, -0.05) is 12.1 Å². The van der Waals surface area contributed by atoms with Crippen LogP contribution in [0.25, 0.3) is 0 Å². The van der Waals surface area contributed by atoms with Gasteiger partial charge in [0, 0.05) is 12.6 Å². The molecule has 2 N–H and O–H groups in total. The molecule has 21 heavy (non-hydrogen) atoms. The van der Waals surface area contributed by atoms with Crippen LogP contribution in [0.5, 0.6) is 0 Å². The predicted molar refractivity (Wildman–Crippen MR) is 75.4 cm³/mol. The summed E-state index contributed by atoms with van der Waals surface area (Å²) in [4.78, 5) is 25.8. The summed E-state index contributed by atoms with van der Waals surface area (Å²) < 4.78 is 27.8. The smallest absolute Gasteiger partial charge is 0.330 e. The fraction of sp³-hybridized carbons (Fsp3) is 0.286. The van der Waals surface area contributed by atoms with E-state index >= 15 is 0 Å². The second-order valence-electron chi connectivity index (χ2n) is 4.87. The lowest BCUT2D eigenvalue weighted by molar-refractivity contribution is 0.499. The predicted octanol–water partition coefficient (Wildman–Crippen LogP) is 2.01. The molecule has 0 aliphatic rings. The molecule has 5 nitrogen and oxygen atoms in total. The van der Waals surface area contributed by atoms with Gasteiger partial charge in [-0.25, -0.2) is 9.18 Å². The highest BCUT2D eigenvalue weighted by Crippen LogP contribution is 2.09. The molecule has 7 heteroatoms. The molecule has 1 aromatic carbocycles. The van der Waals surface area contributed by atoms with Gasteiger partial charge in [-0.15, -0.1) is 0 Å². The molecule has 1 aromatic heterocycles. The quantitative estimate of drug-likeness (QED) is 0.906. The van der Waals surface area contributed by atoms with Crippen LogP contribution in [0.15, 0.2) is 33.9 Å². The summed E-state index contributed by atoms with van der Waals surface area (Å²) in [5.41, 5.74) is -1.13. The first-order chi connectivity index (χ1) is 9.90. The monoisotopic (exact) mass is 295 g/mol. The lowest BCUT2D eigenvalue weighted by Crippen LogP contribution is -2.39. The standard InChI is InChI=1S/C14H15F2N3O2/c1-8(2)19-13(20)11(16)12(18-14(19)21)17-7-9-4-3-5-10(15)6-9/h3-6,8,17H,7H2,1-2H3,(H,18,21). The first-order valence-corrected chi connectivity index (χ1v) is 6.42. The minimum absolute atomic E-state index is 0.0791. The van der Waals surface area contributed by atoms with Gasteiger partial charge in [0.1, 0.15) is 11.6 Å². The molecular formula is C14H15F2N3O2. The van der Waals surface area contributed by atoms with Gasteiger partial charge < -0.3 is 5.32 Å². The third-order valence-corrected chi connectivity index (χ3v) is 2.95. The summed E-state index contributed by atoms with van der Waals surface area (Å²) in [6.45, 7) is 3.29. The lowest BCUT2D eigenvalue weighted by Gasteiger charge is -2.12. The molecule has 2 rings (SSSR count). The normalized spacial score (nSPS) is 10.9. The maximum Gasteiger partial charge on any atom is 0.330 e. The fourth-order valence-electron chi connectivity index (χ4n) is 1.96. The number of hydrogen-bond donors (Lipinski definition) is 2. The third kappa shape index (κ3) is 3.18. The maximum absolute atomic E-state index is 13.9. The number of hydrogen-bond acceptors (Lipinski definition) is 3. The van der Waals surface area contributed by atoms with Crippen molar-refractivity contribution in [3.63, 3.8) is 0 Å². The Balaban J connectivity index is 2.30. The van der Waals surface area contributed by atoms with Crippen LogP contribution in [0.4, 0.5) is 14.6 Å². The van der Waals surface area contributed by atoms with E-state index in [9.17, 15) is 18.4 Å². The Morgan fingerprint density at radius 3 is 2.62 bits per heavy atom. The van der Waals surface area contributed by atoms with Crippen LogP contribution >= 0.6 is 0 Å². The van der Waals surface area contributed by atoms with Crippen LogP contribution in [0.1, 0.15) is 25.5 Å². The van der Waals surface area contributed by atoms with E-state index in [-0.39, 0.29) is 12.4 Å². The van der Waals surface area contributed by atoms with E-state index in [1.165, 1.54) is 18.2 Å². The number of aromatic amines is 1. The van der Waals surface area contributed by atoms with Gasteiger partial charge in [0.2, 0.25) is 5.82 Å². The highest BCUT2D eigenvalue weighted by Gasteiger charge is 2.15. The van der Waals surface area contributed by atoms with E-state index in [0.717, 1.165) is 4.57 Å². The first-order valence-electron chi connectivity index (χ1n) is 6.42. The van der Waals surface area contributed by atoms with Crippen molar-refractivity contribution in [1.29, 1.82) is 0 Å². The van der Waals surface area contributed by atoms with Gasteiger partial charge >= 0.3 is 5.69 Å². The van der Waals surface area contributed by atoms with Gasteiger partial charge in [0.25, 0.3) is 5.56 Å². The Bertz CT molecular complexity index is 766. The van der Waals surface area contributed by atoms with Crippen molar-refractivity contribution in [3.8, 4) is 0 Å². The molecule has 0 radical (unpaired) electrons. The number of nitrogens with zero attached hydrogens (tertiary/aromatic N) is 1. The Labute approximate surface area is 119 Å². The van der Waals surface area contributed by atoms with Gasteiger partial charge in [0.15, 0.2) is 0 Å². The highest BCUT2D eigenvalue weighted by atomic mass is 19.1. The molecule has 0 aliphatic carbocycles. The van der Waals surface area contributed by atoms with Gasteiger partial charge in [-0.05, 0) is 31.5 Å². The number of benzene rings is 1. The van der Waals surface area contributed by atoms with Crippen LogP contribution in [-0.2, 0) is 6.54 Å². The molecule has 0 amide bonds. The zero-order valence-electron chi connectivity index (χ0n) is 11.6. The number of nitrogens with one attached hydrogen (secondary N) is 2. The average molecular weight is 295 g/mol. The minimum atomic E-state index is -1.07. The van der Waals surface area contributed by atoms with Crippen LogP contribution in [-0.4, -0.2) is 9.55 Å². The van der Waals surface area contributed by atoms with E-state index < -0.39 is 28.9 Å². The summed E-state index contributed by atoms with van der Waals surface area (Å²) in [6.07, 6.45) is 0. The summed E-state index contributed by atoms with van der Waals surface area (Å²) in [5, 5.41) is 2.59. The minimum Gasteiger partial charge on any atom is -0.365 e. The molecule has 0 atom stereocenters. The van der Waals surface area contributed by atoms with Crippen molar-refractivity contribution in [2.45, 2.75) is 26.4 Å². The van der Waals surface area contributed by atoms with Crippen LogP contribution in [0.2, 0.25) is 0 Å². The van der Waals surface area contributed by atoms with Crippen molar-refractivity contribution >= 4 is 5.82 Å². The Hall–Kier alpha value is -2.44. The summed E-state index contributed by atoms with van der Waals surface area (Å²) in [6, 6.07) is 5.27. The van der Waals surface area contributed by atoms with Gasteiger partial charge in [-0.2, -0.15) is 4.39 Å². The van der Waals surface area contributed by atoms with E-state index in [2.05, 4.69) is 10.3 Å². The topological polar surface area (TPSA) is 66.9 Å². The number of H-pyrrole nitrogens is 1. The van der Waals surface area contributed by atoms with Crippen LogP contribution in [0, 0.1) is 11.6 Å². The molecule has 0 bridgehead atoms. The Kier molecular flexibility index (Phi) is 4.21. The van der Waals surface area contributed by atoms with Gasteiger partial charge in [0.05, 0.1) is 0 Å².